The third-order valence-corrected chi connectivity index (χ3v) is 5.62. The van der Waals surface area contributed by atoms with Crippen molar-refractivity contribution in [2.45, 2.75) is 6.92 Å². The lowest BCUT2D eigenvalue weighted by atomic mass is 10.2. The molecule has 1 aromatic carbocycles. The van der Waals surface area contributed by atoms with Crippen molar-refractivity contribution >= 4 is 33.7 Å². The van der Waals surface area contributed by atoms with Gasteiger partial charge in [0.1, 0.15) is 5.75 Å². The monoisotopic (exact) mass is 355 g/mol. The lowest BCUT2D eigenvalue weighted by Gasteiger charge is -1.99. The van der Waals surface area contributed by atoms with Gasteiger partial charge >= 0.3 is 0 Å². The van der Waals surface area contributed by atoms with Gasteiger partial charge in [-0.05, 0) is 54.3 Å². The second kappa shape index (κ2) is 5.85. The molecule has 0 radical (unpaired) electrons. The van der Waals surface area contributed by atoms with E-state index in [2.05, 4.69) is 10.1 Å². The van der Waals surface area contributed by atoms with Crippen LogP contribution < -0.4 is 14.8 Å². The van der Waals surface area contributed by atoms with Crippen LogP contribution in [0.4, 0.5) is 0 Å². The number of methoxy groups -OCH3 is 1. The molecule has 0 fully saturated rings. The molecule has 0 saturated carbocycles. The minimum atomic E-state index is -0.130. The summed E-state index contributed by atoms with van der Waals surface area (Å²) < 4.78 is 7.17. The highest BCUT2D eigenvalue weighted by Gasteiger charge is 2.12. The highest BCUT2D eigenvalue weighted by atomic mass is 32.1. The van der Waals surface area contributed by atoms with Gasteiger partial charge in [0.2, 0.25) is 4.96 Å². The maximum atomic E-state index is 12.5. The van der Waals surface area contributed by atoms with Crippen LogP contribution in [-0.4, -0.2) is 21.7 Å². The molecule has 120 valence electrons. The number of rotatable bonds is 3. The molecule has 0 bridgehead atoms. The van der Waals surface area contributed by atoms with Gasteiger partial charge in [-0.1, -0.05) is 11.3 Å². The van der Waals surface area contributed by atoms with Crippen LogP contribution in [0.15, 0.2) is 40.5 Å². The third-order valence-electron chi connectivity index (χ3n) is 3.69. The number of hydrogen-bond acceptors (Lipinski definition) is 6. The minimum absolute atomic E-state index is 0.130. The molecule has 0 saturated heterocycles. The first-order chi connectivity index (χ1) is 11.7. The molecule has 0 aliphatic rings. The van der Waals surface area contributed by atoms with Gasteiger partial charge in [-0.15, -0.1) is 16.4 Å². The zero-order valence-electron chi connectivity index (χ0n) is 13.0. The van der Waals surface area contributed by atoms with E-state index in [1.54, 1.807) is 18.4 Å². The van der Waals surface area contributed by atoms with Crippen LogP contribution >= 0.6 is 22.7 Å². The Morgan fingerprint density at radius 1 is 1.21 bits per heavy atom. The van der Waals surface area contributed by atoms with Crippen molar-refractivity contribution in [2.24, 2.45) is 0 Å². The number of fused-ring (bicyclic) bond motifs is 1. The molecule has 0 unspecified atom stereocenters. The molecule has 0 spiro atoms. The molecule has 24 heavy (non-hydrogen) atoms. The molecular formula is C17H13N3O2S2. The number of nitrogens with zero attached hydrogens (tertiary/aromatic N) is 3. The van der Waals surface area contributed by atoms with Crippen LogP contribution in [0.1, 0.15) is 10.4 Å². The number of thiazole rings is 1. The van der Waals surface area contributed by atoms with Crippen LogP contribution in [0.5, 0.6) is 5.75 Å². The Morgan fingerprint density at radius 3 is 2.62 bits per heavy atom. The molecule has 0 aliphatic carbocycles. The Labute approximate surface area is 145 Å². The zero-order chi connectivity index (χ0) is 16.7. The Bertz CT molecular complexity index is 1120. The van der Waals surface area contributed by atoms with Crippen molar-refractivity contribution in [2.75, 3.05) is 7.11 Å². The molecule has 0 amide bonds. The van der Waals surface area contributed by atoms with Gasteiger partial charge in [0.15, 0.2) is 5.82 Å². The molecule has 7 heteroatoms. The number of ether oxygens (including phenoxy) is 1. The Morgan fingerprint density at radius 2 is 2.00 bits per heavy atom. The van der Waals surface area contributed by atoms with Gasteiger partial charge in [0.25, 0.3) is 5.56 Å². The second-order valence-corrected chi connectivity index (χ2v) is 7.20. The first-order valence-corrected chi connectivity index (χ1v) is 8.95. The molecule has 4 rings (SSSR count). The van der Waals surface area contributed by atoms with Crippen LogP contribution in [-0.2, 0) is 0 Å². The van der Waals surface area contributed by atoms with E-state index in [0.29, 0.717) is 15.3 Å². The maximum absolute atomic E-state index is 12.5. The first-order valence-electron chi connectivity index (χ1n) is 7.25. The van der Waals surface area contributed by atoms with Crippen molar-refractivity contribution in [1.82, 2.24) is 14.6 Å². The van der Waals surface area contributed by atoms with E-state index in [0.717, 1.165) is 21.8 Å². The summed E-state index contributed by atoms with van der Waals surface area (Å²) in [4.78, 5) is 18.7. The average Bonchev–Trinajstić information content (AvgIpc) is 3.27. The van der Waals surface area contributed by atoms with E-state index >= 15 is 0 Å². The normalized spacial score (nSPS) is 12.2. The number of aryl methyl sites for hydroxylation is 1. The topological polar surface area (TPSA) is 56.5 Å². The molecule has 0 aliphatic heterocycles. The smallest absolute Gasteiger partial charge is 0.291 e. The number of aromatic nitrogens is 3. The zero-order valence-corrected chi connectivity index (χ0v) is 14.6. The second-order valence-electron chi connectivity index (χ2n) is 5.24. The van der Waals surface area contributed by atoms with E-state index in [9.17, 15) is 4.79 Å². The Balaban J connectivity index is 1.79. The molecule has 3 heterocycles. The van der Waals surface area contributed by atoms with Gasteiger partial charge < -0.3 is 4.74 Å². The summed E-state index contributed by atoms with van der Waals surface area (Å²) in [5.41, 5.74) is 1.89. The summed E-state index contributed by atoms with van der Waals surface area (Å²) in [6, 6.07) is 9.50. The fraction of sp³-hybridized carbons (Fsp3) is 0.118. The standard InChI is InChI=1S/C17H13N3O2S2/c1-10-7-8-23-13(10)9-14-16(21)20-17(24-14)18-15(19-20)11-3-5-12(22-2)6-4-11/h3-9H,1-2H3/b14-9-. The molecule has 0 atom stereocenters. The molecule has 0 N–H and O–H groups in total. The minimum Gasteiger partial charge on any atom is -0.497 e. The van der Waals surface area contributed by atoms with Crippen LogP contribution in [0.3, 0.4) is 0 Å². The van der Waals surface area contributed by atoms with Gasteiger partial charge in [-0.3, -0.25) is 4.79 Å². The number of hydrogen-bond donors (Lipinski definition) is 0. The molecule has 3 aromatic heterocycles. The Hall–Kier alpha value is -2.51. The van der Waals surface area contributed by atoms with E-state index in [1.807, 2.05) is 48.7 Å². The van der Waals surface area contributed by atoms with Crippen molar-refractivity contribution in [3.63, 3.8) is 0 Å². The van der Waals surface area contributed by atoms with Crippen molar-refractivity contribution in [3.05, 3.63) is 61.0 Å². The van der Waals surface area contributed by atoms with Crippen LogP contribution in [0, 0.1) is 6.92 Å². The number of benzene rings is 1. The summed E-state index contributed by atoms with van der Waals surface area (Å²) in [7, 11) is 1.62. The van der Waals surface area contributed by atoms with Crippen LogP contribution in [0.2, 0.25) is 0 Å². The third kappa shape index (κ3) is 2.51. The fourth-order valence-electron chi connectivity index (χ4n) is 2.35. The van der Waals surface area contributed by atoms with Crippen molar-refractivity contribution in [3.8, 4) is 17.1 Å². The predicted octanol–water partition coefficient (Wildman–Crippen LogP) is 2.74. The Kier molecular flexibility index (Phi) is 3.66. The SMILES string of the molecule is COc1ccc(-c2nc3s/c(=C\c4sccc4C)c(=O)n3n2)cc1. The summed E-state index contributed by atoms with van der Waals surface area (Å²) >= 11 is 2.98. The average molecular weight is 355 g/mol. The van der Waals surface area contributed by atoms with E-state index in [4.69, 9.17) is 4.74 Å². The molecular weight excluding hydrogens is 342 g/mol. The highest BCUT2D eigenvalue weighted by Crippen LogP contribution is 2.20. The lowest BCUT2D eigenvalue weighted by Crippen LogP contribution is -2.23. The lowest BCUT2D eigenvalue weighted by molar-refractivity contribution is 0.415. The summed E-state index contributed by atoms with van der Waals surface area (Å²) in [6.07, 6.45) is 1.91. The summed E-state index contributed by atoms with van der Waals surface area (Å²) in [6.45, 7) is 2.03. The van der Waals surface area contributed by atoms with Crippen molar-refractivity contribution in [1.29, 1.82) is 0 Å². The van der Waals surface area contributed by atoms with Gasteiger partial charge in [0, 0.05) is 10.4 Å². The number of thiophene rings is 1. The van der Waals surface area contributed by atoms with Crippen molar-refractivity contribution < 1.29 is 4.74 Å². The van der Waals surface area contributed by atoms with E-state index in [-0.39, 0.29) is 5.56 Å². The van der Waals surface area contributed by atoms with Gasteiger partial charge in [0.05, 0.1) is 11.6 Å². The summed E-state index contributed by atoms with van der Waals surface area (Å²) in [5, 5.41) is 6.37. The predicted molar refractivity (Wildman–Crippen MR) is 97.0 cm³/mol. The van der Waals surface area contributed by atoms with Gasteiger partial charge in [-0.25, -0.2) is 0 Å². The molecule has 4 aromatic rings. The maximum Gasteiger partial charge on any atom is 0.291 e. The first kappa shape index (κ1) is 15.0. The van der Waals surface area contributed by atoms with Crippen LogP contribution in [0.25, 0.3) is 22.4 Å². The van der Waals surface area contributed by atoms with Gasteiger partial charge in [-0.2, -0.15) is 9.50 Å². The van der Waals surface area contributed by atoms with E-state index < -0.39 is 0 Å². The molecule has 5 nitrogen and oxygen atoms in total. The summed E-state index contributed by atoms with van der Waals surface area (Å²) in [5.74, 6) is 1.31. The largest absolute Gasteiger partial charge is 0.497 e. The fourth-order valence-corrected chi connectivity index (χ4v) is 4.17. The quantitative estimate of drug-likeness (QED) is 0.567. The highest BCUT2D eigenvalue weighted by molar-refractivity contribution is 7.15. The van der Waals surface area contributed by atoms with E-state index in [1.165, 1.54) is 15.9 Å².